The van der Waals surface area contributed by atoms with Crippen LogP contribution >= 0.6 is 0 Å². The van der Waals surface area contributed by atoms with Crippen LogP contribution in [0.5, 0.6) is 0 Å². The van der Waals surface area contributed by atoms with E-state index in [-0.39, 0.29) is 6.61 Å². The van der Waals surface area contributed by atoms with Crippen LogP contribution < -0.4 is 4.72 Å². The van der Waals surface area contributed by atoms with E-state index >= 15 is 0 Å². The summed E-state index contributed by atoms with van der Waals surface area (Å²) in [4.78, 5) is 0. The first-order valence-electron chi connectivity index (χ1n) is 6.77. The first-order valence-corrected chi connectivity index (χ1v) is 8.42. The van der Waals surface area contributed by atoms with Crippen LogP contribution in [-0.4, -0.2) is 37.6 Å². The molecule has 0 atom stereocenters. The van der Waals surface area contributed by atoms with E-state index in [4.69, 9.17) is 0 Å². The topological polar surface area (TPSA) is 66.4 Å². The molecule has 4 nitrogen and oxygen atoms in total. The molecule has 0 aromatic rings. The molecule has 120 valence electrons. The number of sulfonamides is 1. The highest BCUT2D eigenvalue weighted by Gasteiger charge is 2.37. The first kappa shape index (κ1) is 17.7. The van der Waals surface area contributed by atoms with Gasteiger partial charge in [0.15, 0.2) is 0 Å². The zero-order valence-electron chi connectivity index (χ0n) is 11.5. The standard InChI is InChI=1S/C12H22F3NO3S/c1-10-3-6-11(9-17,7-4-10)16-20(18,19)8-2-5-12(13,14)15/h10,16-17H,2-9H2,1H3. The van der Waals surface area contributed by atoms with Crippen LogP contribution in [0, 0.1) is 5.92 Å². The SMILES string of the molecule is CC1CCC(CO)(NS(=O)(=O)CCCC(F)(F)F)CC1. The molecule has 0 aromatic carbocycles. The van der Waals surface area contributed by atoms with Crippen LogP contribution in [0.1, 0.15) is 45.4 Å². The average Bonchev–Trinajstić information content (AvgIpc) is 2.30. The summed E-state index contributed by atoms with van der Waals surface area (Å²) >= 11 is 0. The summed E-state index contributed by atoms with van der Waals surface area (Å²) in [5.74, 6) is -0.0894. The normalized spacial score (nSPS) is 28.6. The summed E-state index contributed by atoms with van der Waals surface area (Å²) in [6.07, 6.45) is -3.29. The number of halogens is 3. The molecule has 8 heteroatoms. The second-order valence-corrected chi connectivity index (χ2v) is 7.60. The molecular weight excluding hydrogens is 295 g/mol. The molecule has 0 radical (unpaired) electrons. The summed E-state index contributed by atoms with van der Waals surface area (Å²) in [5, 5.41) is 9.44. The number of rotatable bonds is 6. The molecule has 2 N–H and O–H groups in total. The summed E-state index contributed by atoms with van der Waals surface area (Å²) in [6.45, 7) is 1.73. The maximum atomic E-state index is 12.0. The molecule has 20 heavy (non-hydrogen) atoms. The van der Waals surface area contributed by atoms with E-state index in [1.54, 1.807) is 0 Å². The number of aliphatic hydroxyl groups is 1. The fraction of sp³-hybridized carbons (Fsp3) is 1.00. The molecule has 0 unspecified atom stereocenters. The molecule has 0 bridgehead atoms. The average molecular weight is 317 g/mol. The Morgan fingerprint density at radius 3 is 2.30 bits per heavy atom. The van der Waals surface area contributed by atoms with Crippen molar-refractivity contribution in [2.24, 2.45) is 5.92 Å². The lowest BCUT2D eigenvalue weighted by Crippen LogP contribution is -2.53. The van der Waals surface area contributed by atoms with Gasteiger partial charge in [0, 0.05) is 6.42 Å². The lowest BCUT2D eigenvalue weighted by Gasteiger charge is -2.38. The van der Waals surface area contributed by atoms with Gasteiger partial charge in [0.05, 0.1) is 17.9 Å². The van der Waals surface area contributed by atoms with Crippen molar-refractivity contribution in [1.82, 2.24) is 4.72 Å². The molecule has 0 aromatic heterocycles. The Labute approximate surface area is 117 Å². The number of aliphatic hydroxyl groups excluding tert-OH is 1. The van der Waals surface area contributed by atoms with Crippen LogP contribution in [0.2, 0.25) is 0 Å². The Balaban J connectivity index is 2.55. The van der Waals surface area contributed by atoms with Crippen molar-refractivity contribution in [2.45, 2.75) is 57.2 Å². The van der Waals surface area contributed by atoms with Crippen molar-refractivity contribution >= 4 is 10.0 Å². The lowest BCUT2D eigenvalue weighted by molar-refractivity contribution is -0.134. The van der Waals surface area contributed by atoms with E-state index < -0.39 is 40.3 Å². The monoisotopic (exact) mass is 317 g/mol. The van der Waals surface area contributed by atoms with Gasteiger partial charge in [-0.3, -0.25) is 0 Å². The lowest BCUT2D eigenvalue weighted by atomic mass is 9.78. The summed E-state index contributed by atoms with van der Waals surface area (Å²) in [6, 6.07) is 0. The minimum atomic E-state index is -4.34. The molecule has 1 saturated carbocycles. The smallest absolute Gasteiger partial charge is 0.389 e. The van der Waals surface area contributed by atoms with E-state index in [9.17, 15) is 26.7 Å². The van der Waals surface area contributed by atoms with Gasteiger partial charge in [-0.2, -0.15) is 13.2 Å². The van der Waals surface area contributed by atoms with E-state index in [1.807, 2.05) is 0 Å². The highest BCUT2D eigenvalue weighted by molar-refractivity contribution is 7.89. The maximum Gasteiger partial charge on any atom is 0.389 e. The largest absolute Gasteiger partial charge is 0.394 e. The van der Waals surface area contributed by atoms with Gasteiger partial charge >= 0.3 is 6.18 Å². The Hall–Kier alpha value is -0.340. The van der Waals surface area contributed by atoms with E-state index in [2.05, 4.69) is 11.6 Å². The van der Waals surface area contributed by atoms with Crippen LogP contribution in [0.4, 0.5) is 13.2 Å². The van der Waals surface area contributed by atoms with Crippen LogP contribution in [-0.2, 0) is 10.0 Å². The van der Waals surface area contributed by atoms with Gasteiger partial charge in [-0.25, -0.2) is 13.1 Å². The predicted molar refractivity (Wildman–Crippen MR) is 69.7 cm³/mol. The summed E-state index contributed by atoms with van der Waals surface area (Å²) in [7, 11) is -3.80. The first-order chi connectivity index (χ1) is 9.08. The summed E-state index contributed by atoms with van der Waals surface area (Å²) < 4.78 is 62.2. The van der Waals surface area contributed by atoms with E-state index in [0.717, 1.165) is 12.8 Å². The Morgan fingerprint density at radius 1 is 1.30 bits per heavy atom. The molecule has 0 aliphatic heterocycles. The molecule has 1 fully saturated rings. The fourth-order valence-electron chi connectivity index (χ4n) is 2.45. The zero-order valence-corrected chi connectivity index (χ0v) is 12.4. The molecule has 0 saturated heterocycles. The zero-order chi connectivity index (χ0) is 15.4. The molecule has 1 aliphatic rings. The Bertz CT molecular complexity index is 401. The minimum absolute atomic E-state index is 0.321. The van der Waals surface area contributed by atoms with Crippen LogP contribution in [0.15, 0.2) is 0 Å². The van der Waals surface area contributed by atoms with Gasteiger partial charge in [-0.05, 0) is 38.0 Å². The van der Waals surface area contributed by atoms with Crippen molar-refractivity contribution in [3.05, 3.63) is 0 Å². The second kappa shape index (κ2) is 6.62. The highest BCUT2D eigenvalue weighted by Crippen LogP contribution is 2.32. The van der Waals surface area contributed by atoms with Gasteiger partial charge < -0.3 is 5.11 Å². The second-order valence-electron chi connectivity index (χ2n) is 5.76. The third kappa shape index (κ3) is 5.97. The maximum absolute atomic E-state index is 12.0. The number of alkyl halides is 3. The molecule has 0 spiro atoms. The van der Waals surface area contributed by atoms with Gasteiger partial charge in [0.2, 0.25) is 10.0 Å². The fourth-order valence-corrected chi connectivity index (χ4v) is 4.01. The quantitative estimate of drug-likeness (QED) is 0.789. The molecule has 0 amide bonds. The van der Waals surface area contributed by atoms with E-state index in [0.29, 0.717) is 18.8 Å². The van der Waals surface area contributed by atoms with Crippen LogP contribution in [0.3, 0.4) is 0 Å². The summed E-state index contributed by atoms with van der Waals surface area (Å²) in [5.41, 5.74) is -0.899. The number of hydrogen-bond acceptors (Lipinski definition) is 3. The van der Waals surface area contributed by atoms with Gasteiger partial charge in [-0.1, -0.05) is 6.92 Å². The highest BCUT2D eigenvalue weighted by atomic mass is 32.2. The van der Waals surface area contributed by atoms with Crippen molar-refractivity contribution < 1.29 is 26.7 Å². The van der Waals surface area contributed by atoms with Crippen LogP contribution in [0.25, 0.3) is 0 Å². The number of nitrogens with one attached hydrogen (secondary N) is 1. The molecule has 1 rings (SSSR count). The Morgan fingerprint density at radius 2 is 1.85 bits per heavy atom. The van der Waals surface area contributed by atoms with Crippen molar-refractivity contribution in [3.63, 3.8) is 0 Å². The van der Waals surface area contributed by atoms with E-state index in [1.165, 1.54) is 0 Å². The molecule has 0 heterocycles. The minimum Gasteiger partial charge on any atom is -0.394 e. The Kier molecular flexibility index (Phi) is 5.86. The third-order valence-corrected chi connectivity index (χ3v) is 5.35. The van der Waals surface area contributed by atoms with Crippen molar-refractivity contribution in [2.75, 3.05) is 12.4 Å². The third-order valence-electron chi connectivity index (χ3n) is 3.78. The molecular formula is C12H22F3NO3S. The molecule has 1 aliphatic carbocycles. The van der Waals surface area contributed by atoms with Gasteiger partial charge in [0.1, 0.15) is 0 Å². The van der Waals surface area contributed by atoms with Crippen molar-refractivity contribution in [1.29, 1.82) is 0 Å². The van der Waals surface area contributed by atoms with Gasteiger partial charge in [0.25, 0.3) is 0 Å². The number of hydrogen-bond donors (Lipinski definition) is 2. The van der Waals surface area contributed by atoms with Crippen molar-refractivity contribution in [3.8, 4) is 0 Å². The predicted octanol–water partition coefficient (Wildman–Crippen LogP) is 2.19. The van der Waals surface area contributed by atoms with Gasteiger partial charge in [-0.15, -0.1) is 0 Å².